The van der Waals surface area contributed by atoms with Gasteiger partial charge in [-0.25, -0.2) is 4.79 Å². The molecule has 0 unspecified atom stereocenters. The second kappa shape index (κ2) is 7.63. The van der Waals surface area contributed by atoms with Crippen molar-refractivity contribution in [2.24, 2.45) is 0 Å². The Morgan fingerprint density at radius 3 is 3.00 bits per heavy atom. The van der Waals surface area contributed by atoms with E-state index in [0.29, 0.717) is 28.9 Å². The molecular formula is C13H18ClN3O3S. The maximum Gasteiger partial charge on any atom is 0.407 e. The SMILES string of the molecule is CCNC(=O)OC[C@@H]1C[C@@H](NC(=O)c2ccc(Cl)s2)CN1. The fraction of sp³-hybridized carbons (Fsp3) is 0.538. The quantitative estimate of drug-likeness (QED) is 0.766. The number of carbonyl (C=O) groups is 2. The Labute approximate surface area is 132 Å². The summed E-state index contributed by atoms with van der Waals surface area (Å²) in [7, 11) is 0. The summed E-state index contributed by atoms with van der Waals surface area (Å²) in [5.41, 5.74) is 0. The van der Waals surface area contributed by atoms with Gasteiger partial charge in [0, 0.05) is 25.2 Å². The van der Waals surface area contributed by atoms with Crippen LogP contribution in [0.2, 0.25) is 4.34 Å². The molecule has 0 bridgehead atoms. The number of ether oxygens (including phenoxy) is 1. The lowest BCUT2D eigenvalue weighted by Gasteiger charge is -2.12. The van der Waals surface area contributed by atoms with Crippen LogP contribution in [0.1, 0.15) is 23.0 Å². The van der Waals surface area contributed by atoms with E-state index in [1.165, 1.54) is 11.3 Å². The Morgan fingerprint density at radius 2 is 2.33 bits per heavy atom. The molecule has 2 amide bonds. The van der Waals surface area contributed by atoms with Crippen molar-refractivity contribution in [1.29, 1.82) is 0 Å². The van der Waals surface area contributed by atoms with E-state index in [2.05, 4.69) is 16.0 Å². The first-order valence-corrected chi connectivity index (χ1v) is 7.98. The number of hydrogen-bond acceptors (Lipinski definition) is 5. The van der Waals surface area contributed by atoms with Crippen LogP contribution in [0.5, 0.6) is 0 Å². The van der Waals surface area contributed by atoms with Crippen molar-refractivity contribution in [1.82, 2.24) is 16.0 Å². The molecule has 2 rings (SSSR count). The molecule has 1 saturated heterocycles. The van der Waals surface area contributed by atoms with E-state index < -0.39 is 6.09 Å². The van der Waals surface area contributed by atoms with E-state index in [1.54, 1.807) is 12.1 Å². The molecule has 0 spiro atoms. The van der Waals surface area contributed by atoms with Gasteiger partial charge in [0.1, 0.15) is 6.61 Å². The number of halogens is 1. The molecule has 1 fully saturated rings. The van der Waals surface area contributed by atoms with Crippen LogP contribution in [0.4, 0.5) is 4.79 Å². The molecule has 0 radical (unpaired) electrons. The molecule has 1 aromatic heterocycles. The number of hydrogen-bond donors (Lipinski definition) is 3. The molecule has 0 aliphatic carbocycles. The Kier molecular flexibility index (Phi) is 5.84. The Balaban J connectivity index is 1.72. The third-order valence-corrected chi connectivity index (χ3v) is 4.32. The maximum atomic E-state index is 12.0. The minimum absolute atomic E-state index is 0.0289. The van der Waals surface area contributed by atoms with Gasteiger partial charge in [0.05, 0.1) is 9.21 Å². The summed E-state index contributed by atoms with van der Waals surface area (Å²) in [5.74, 6) is -0.121. The highest BCUT2D eigenvalue weighted by molar-refractivity contribution is 7.17. The van der Waals surface area contributed by atoms with Gasteiger partial charge in [0.15, 0.2) is 0 Å². The Hall–Kier alpha value is -1.31. The van der Waals surface area contributed by atoms with Gasteiger partial charge < -0.3 is 20.7 Å². The summed E-state index contributed by atoms with van der Waals surface area (Å²) in [5, 5.41) is 8.74. The number of carbonyl (C=O) groups excluding carboxylic acids is 2. The number of rotatable bonds is 5. The summed E-state index contributed by atoms with van der Waals surface area (Å²) in [6.07, 6.45) is 0.310. The molecule has 21 heavy (non-hydrogen) atoms. The molecule has 0 saturated carbocycles. The fourth-order valence-electron chi connectivity index (χ4n) is 2.12. The summed E-state index contributed by atoms with van der Waals surface area (Å²) >= 11 is 7.07. The van der Waals surface area contributed by atoms with Crippen LogP contribution in [0.25, 0.3) is 0 Å². The first-order valence-electron chi connectivity index (χ1n) is 6.78. The lowest BCUT2D eigenvalue weighted by Crippen LogP contribution is -2.35. The standard InChI is InChI=1S/C13H18ClN3O3S/c1-2-15-13(19)20-7-9-5-8(6-16-9)17-12(18)10-3-4-11(14)21-10/h3-4,8-9,16H,2,5-7H2,1H3,(H,15,19)(H,17,18)/t8-,9+/m1/s1. The smallest absolute Gasteiger partial charge is 0.407 e. The third-order valence-electron chi connectivity index (χ3n) is 3.09. The van der Waals surface area contributed by atoms with Crippen molar-refractivity contribution >= 4 is 34.9 Å². The minimum Gasteiger partial charge on any atom is -0.448 e. The highest BCUT2D eigenvalue weighted by atomic mass is 35.5. The van der Waals surface area contributed by atoms with E-state index in [9.17, 15) is 9.59 Å². The zero-order chi connectivity index (χ0) is 15.2. The van der Waals surface area contributed by atoms with Crippen LogP contribution in [0.3, 0.4) is 0 Å². The fourth-order valence-corrected chi connectivity index (χ4v) is 3.07. The van der Waals surface area contributed by atoms with Crippen molar-refractivity contribution in [2.45, 2.75) is 25.4 Å². The van der Waals surface area contributed by atoms with E-state index in [1.807, 2.05) is 6.92 Å². The van der Waals surface area contributed by atoms with Crippen molar-refractivity contribution in [3.63, 3.8) is 0 Å². The van der Waals surface area contributed by atoms with Gasteiger partial charge in [-0.15, -0.1) is 11.3 Å². The molecule has 2 heterocycles. The molecule has 0 aromatic carbocycles. The van der Waals surface area contributed by atoms with Crippen LogP contribution < -0.4 is 16.0 Å². The largest absolute Gasteiger partial charge is 0.448 e. The van der Waals surface area contributed by atoms with E-state index in [0.717, 1.165) is 6.42 Å². The number of thiophene rings is 1. The van der Waals surface area contributed by atoms with Crippen LogP contribution >= 0.6 is 22.9 Å². The van der Waals surface area contributed by atoms with Gasteiger partial charge in [-0.2, -0.15) is 0 Å². The summed E-state index contributed by atoms with van der Waals surface area (Å²) in [6.45, 7) is 3.33. The summed E-state index contributed by atoms with van der Waals surface area (Å²) in [6, 6.07) is 3.50. The average molecular weight is 332 g/mol. The summed E-state index contributed by atoms with van der Waals surface area (Å²) in [4.78, 5) is 23.8. The van der Waals surface area contributed by atoms with Crippen LogP contribution in [-0.4, -0.2) is 43.8 Å². The topological polar surface area (TPSA) is 79.5 Å². The lowest BCUT2D eigenvalue weighted by molar-refractivity contribution is 0.0941. The second-order valence-corrected chi connectivity index (χ2v) is 6.46. The Morgan fingerprint density at radius 1 is 1.52 bits per heavy atom. The molecule has 2 atom stereocenters. The highest BCUT2D eigenvalue weighted by Gasteiger charge is 2.26. The van der Waals surface area contributed by atoms with Gasteiger partial charge in [-0.05, 0) is 25.5 Å². The predicted molar refractivity (Wildman–Crippen MR) is 82.0 cm³/mol. The molecule has 1 aliphatic rings. The predicted octanol–water partition coefficient (Wildman–Crippen LogP) is 1.61. The van der Waals surface area contributed by atoms with Crippen molar-refractivity contribution < 1.29 is 14.3 Å². The zero-order valence-corrected chi connectivity index (χ0v) is 13.2. The van der Waals surface area contributed by atoms with Gasteiger partial charge in [-0.1, -0.05) is 11.6 Å². The second-order valence-electron chi connectivity index (χ2n) is 4.74. The zero-order valence-electron chi connectivity index (χ0n) is 11.6. The van der Waals surface area contributed by atoms with Crippen molar-refractivity contribution in [2.75, 3.05) is 19.7 Å². The van der Waals surface area contributed by atoms with Gasteiger partial charge in [0.25, 0.3) is 5.91 Å². The highest BCUT2D eigenvalue weighted by Crippen LogP contribution is 2.21. The van der Waals surface area contributed by atoms with Crippen molar-refractivity contribution in [3.8, 4) is 0 Å². The first-order chi connectivity index (χ1) is 10.1. The van der Waals surface area contributed by atoms with Crippen LogP contribution in [-0.2, 0) is 4.74 Å². The van der Waals surface area contributed by atoms with Gasteiger partial charge >= 0.3 is 6.09 Å². The molecule has 3 N–H and O–H groups in total. The molecule has 1 aromatic rings. The molecular weight excluding hydrogens is 314 g/mol. The average Bonchev–Trinajstić information content (AvgIpc) is 3.06. The van der Waals surface area contributed by atoms with Gasteiger partial charge in [0.2, 0.25) is 0 Å². The minimum atomic E-state index is -0.417. The van der Waals surface area contributed by atoms with Crippen LogP contribution in [0, 0.1) is 0 Å². The first kappa shape index (κ1) is 16.1. The van der Waals surface area contributed by atoms with E-state index in [4.69, 9.17) is 16.3 Å². The van der Waals surface area contributed by atoms with Gasteiger partial charge in [-0.3, -0.25) is 4.79 Å². The molecule has 116 valence electrons. The van der Waals surface area contributed by atoms with Crippen molar-refractivity contribution in [3.05, 3.63) is 21.3 Å². The third kappa shape index (κ3) is 4.87. The van der Waals surface area contributed by atoms with E-state index >= 15 is 0 Å². The molecule has 6 nitrogen and oxygen atoms in total. The maximum absolute atomic E-state index is 12.0. The number of alkyl carbamates (subject to hydrolysis) is 1. The molecule has 1 aliphatic heterocycles. The normalized spacial score (nSPS) is 21.0. The monoisotopic (exact) mass is 331 g/mol. The van der Waals surface area contributed by atoms with Crippen LogP contribution in [0.15, 0.2) is 12.1 Å². The number of amides is 2. The Bertz CT molecular complexity index is 509. The molecule has 8 heteroatoms. The lowest BCUT2D eigenvalue weighted by atomic mass is 10.2. The van der Waals surface area contributed by atoms with E-state index in [-0.39, 0.29) is 18.0 Å². The summed E-state index contributed by atoms with van der Waals surface area (Å²) < 4.78 is 5.66. The number of nitrogens with one attached hydrogen (secondary N) is 3.